The zero-order valence-electron chi connectivity index (χ0n) is 9.69. The average molecular weight is 240 g/mol. The average Bonchev–Trinajstić information content (AvgIpc) is 3.05. The second kappa shape index (κ2) is 3.28. The first-order chi connectivity index (χ1) is 8.77. The van der Waals surface area contributed by atoms with Crippen LogP contribution < -0.4 is 4.90 Å². The molecule has 4 atom stereocenters. The highest BCUT2D eigenvalue weighted by Crippen LogP contribution is 2.52. The van der Waals surface area contributed by atoms with Gasteiger partial charge in [-0.05, 0) is 30.4 Å². The minimum atomic E-state index is -0.144. The van der Waals surface area contributed by atoms with Gasteiger partial charge in [0.2, 0.25) is 11.8 Å². The van der Waals surface area contributed by atoms with Crippen molar-refractivity contribution in [2.75, 3.05) is 4.90 Å². The van der Waals surface area contributed by atoms with E-state index in [2.05, 4.69) is 17.1 Å². The lowest BCUT2D eigenvalue weighted by Crippen LogP contribution is -2.33. The molecule has 18 heavy (non-hydrogen) atoms. The van der Waals surface area contributed by atoms with E-state index >= 15 is 0 Å². The Labute approximate surface area is 104 Å². The SMILES string of the molecule is O=C1C2C3C=CC(C3)C2C(=O)N1c1ccccn1. The van der Waals surface area contributed by atoms with Gasteiger partial charge in [0.15, 0.2) is 0 Å². The topological polar surface area (TPSA) is 50.3 Å². The quantitative estimate of drug-likeness (QED) is 0.550. The third-order valence-electron chi connectivity index (χ3n) is 4.35. The highest BCUT2D eigenvalue weighted by Gasteiger charge is 2.59. The smallest absolute Gasteiger partial charge is 0.239 e. The zero-order valence-corrected chi connectivity index (χ0v) is 9.69. The predicted molar refractivity (Wildman–Crippen MR) is 64.4 cm³/mol. The van der Waals surface area contributed by atoms with Crippen molar-refractivity contribution in [2.45, 2.75) is 6.42 Å². The molecule has 1 saturated heterocycles. The lowest BCUT2D eigenvalue weighted by molar-refractivity contribution is -0.123. The molecule has 2 heterocycles. The molecule has 2 bridgehead atoms. The van der Waals surface area contributed by atoms with Crippen molar-refractivity contribution in [1.29, 1.82) is 0 Å². The van der Waals surface area contributed by atoms with Gasteiger partial charge in [-0.1, -0.05) is 18.2 Å². The Morgan fingerprint density at radius 3 is 2.28 bits per heavy atom. The maximum atomic E-state index is 12.4. The van der Waals surface area contributed by atoms with Crippen LogP contribution in [0, 0.1) is 23.7 Å². The summed E-state index contributed by atoms with van der Waals surface area (Å²) in [5, 5.41) is 0. The Morgan fingerprint density at radius 2 is 1.72 bits per heavy atom. The van der Waals surface area contributed by atoms with Crippen LogP contribution >= 0.6 is 0 Å². The number of carbonyl (C=O) groups is 2. The van der Waals surface area contributed by atoms with Crippen molar-refractivity contribution in [3.63, 3.8) is 0 Å². The molecule has 1 aromatic rings. The minimum Gasteiger partial charge on any atom is -0.274 e. The molecule has 4 rings (SSSR count). The van der Waals surface area contributed by atoms with Crippen molar-refractivity contribution in [3.05, 3.63) is 36.5 Å². The Morgan fingerprint density at radius 1 is 1.06 bits per heavy atom. The summed E-state index contributed by atoms with van der Waals surface area (Å²) in [5.74, 6) is 0.543. The van der Waals surface area contributed by atoms with Gasteiger partial charge < -0.3 is 0 Å². The van der Waals surface area contributed by atoms with Gasteiger partial charge in [-0.15, -0.1) is 0 Å². The van der Waals surface area contributed by atoms with Crippen LogP contribution in [0.4, 0.5) is 5.82 Å². The molecule has 0 radical (unpaired) electrons. The van der Waals surface area contributed by atoms with Gasteiger partial charge in [0.25, 0.3) is 0 Å². The Bertz CT molecular complexity index is 536. The molecule has 2 amide bonds. The fourth-order valence-corrected chi connectivity index (χ4v) is 3.61. The van der Waals surface area contributed by atoms with Gasteiger partial charge in [-0.3, -0.25) is 9.59 Å². The van der Waals surface area contributed by atoms with Gasteiger partial charge in [0, 0.05) is 6.20 Å². The zero-order chi connectivity index (χ0) is 12.3. The van der Waals surface area contributed by atoms with Crippen LogP contribution in [0.25, 0.3) is 0 Å². The first-order valence-corrected chi connectivity index (χ1v) is 6.24. The summed E-state index contributed by atoms with van der Waals surface area (Å²) in [6.45, 7) is 0. The van der Waals surface area contributed by atoms with Crippen molar-refractivity contribution >= 4 is 17.6 Å². The number of anilines is 1. The van der Waals surface area contributed by atoms with E-state index in [-0.39, 0.29) is 35.5 Å². The van der Waals surface area contributed by atoms with E-state index in [1.165, 1.54) is 4.90 Å². The number of fused-ring (bicyclic) bond motifs is 5. The maximum absolute atomic E-state index is 12.4. The molecule has 1 aromatic heterocycles. The second-order valence-electron chi connectivity index (χ2n) is 5.20. The monoisotopic (exact) mass is 240 g/mol. The predicted octanol–water partition coefficient (Wildman–Crippen LogP) is 1.39. The van der Waals surface area contributed by atoms with E-state index in [9.17, 15) is 9.59 Å². The molecule has 4 unspecified atom stereocenters. The van der Waals surface area contributed by atoms with Gasteiger partial charge in [0.05, 0.1) is 11.8 Å². The molecule has 0 aromatic carbocycles. The van der Waals surface area contributed by atoms with Crippen molar-refractivity contribution in [1.82, 2.24) is 4.98 Å². The molecular weight excluding hydrogens is 228 g/mol. The fraction of sp³-hybridized carbons (Fsp3) is 0.357. The lowest BCUT2D eigenvalue weighted by atomic mass is 9.85. The number of carbonyl (C=O) groups excluding carboxylic acids is 2. The number of hydrogen-bond donors (Lipinski definition) is 0. The standard InChI is InChI=1S/C14H12N2O2/c17-13-11-8-4-5-9(7-8)12(11)14(18)16(13)10-3-1-2-6-15-10/h1-6,8-9,11-12H,7H2. The number of aromatic nitrogens is 1. The number of hydrogen-bond acceptors (Lipinski definition) is 3. The van der Waals surface area contributed by atoms with Crippen molar-refractivity contribution in [3.8, 4) is 0 Å². The van der Waals surface area contributed by atoms with E-state index in [1.54, 1.807) is 24.4 Å². The van der Waals surface area contributed by atoms with Crippen molar-refractivity contribution < 1.29 is 9.59 Å². The molecule has 0 N–H and O–H groups in total. The maximum Gasteiger partial charge on any atom is 0.239 e. The lowest BCUT2D eigenvalue weighted by Gasteiger charge is -2.15. The first kappa shape index (κ1) is 10.00. The van der Waals surface area contributed by atoms with Gasteiger partial charge in [-0.2, -0.15) is 0 Å². The van der Waals surface area contributed by atoms with E-state index < -0.39 is 0 Å². The van der Waals surface area contributed by atoms with Crippen LogP contribution in [0.1, 0.15) is 6.42 Å². The Kier molecular flexibility index (Phi) is 1.82. The van der Waals surface area contributed by atoms with E-state index in [1.807, 2.05) is 0 Å². The highest BCUT2D eigenvalue weighted by molar-refractivity contribution is 6.22. The number of pyridine rings is 1. The third-order valence-corrected chi connectivity index (χ3v) is 4.35. The molecule has 2 aliphatic carbocycles. The van der Waals surface area contributed by atoms with E-state index in [0.29, 0.717) is 5.82 Å². The first-order valence-electron chi connectivity index (χ1n) is 6.24. The summed E-state index contributed by atoms with van der Waals surface area (Å²) in [6, 6.07) is 5.29. The van der Waals surface area contributed by atoms with E-state index in [0.717, 1.165) is 6.42 Å². The second-order valence-corrected chi connectivity index (χ2v) is 5.20. The number of allylic oxidation sites excluding steroid dienone is 2. The summed E-state index contributed by atoms with van der Waals surface area (Å²) in [7, 11) is 0. The summed E-state index contributed by atoms with van der Waals surface area (Å²) >= 11 is 0. The fourth-order valence-electron chi connectivity index (χ4n) is 3.61. The highest BCUT2D eigenvalue weighted by atomic mass is 16.2. The van der Waals surface area contributed by atoms with E-state index in [4.69, 9.17) is 0 Å². The molecule has 3 aliphatic rings. The van der Waals surface area contributed by atoms with Crippen LogP contribution in [-0.2, 0) is 9.59 Å². The number of imide groups is 1. The number of nitrogens with zero attached hydrogens (tertiary/aromatic N) is 2. The Balaban J connectivity index is 1.77. The number of amides is 2. The minimum absolute atomic E-state index is 0.0689. The van der Waals surface area contributed by atoms with Crippen LogP contribution in [-0.4, -0.2) is 16.8 Å². The van der Waals surface area contributed by atoms with Crippen LogP contribution in [0.15, 0.2) is 36.5 Å². The molecular formula is C14H12N2O2. The van der Waals surface area contributed by atoms with Gasteiger partial charge in [0.1, 0.15) is 5.82 Å². The third kappa shape index (κ3) is 1.08. The summed E-state index contributed by atoms with van der Waals surface area (Å²) < 4.78 is 0. The Hall–Kier alpha value is -1.97. The summed E-state index contributed by atoms with van der Waals surface area (Å²) in [5.41, 5.74) is 0. The molecule has 2 fully saturated rings. The van der Waals surface area contributed by atoms with Crippen LogP contribution in [0.5, 0.6) is 0 Å². The molecule has 4 nitrogen and oxygen atoms in total. The normalized spacial score (nSPS) is 36.6. The van der Waals surface area contributed by atoms with Gasteiger partial charge >= 0.3 is 0 Å². The van der Waals surface area contributed by atoms with Crippen molar-refractivity contribution in [2.24, 2.45) is 23.7 Å². The molecule has 1 aliphatic heterocycles. The van der Waals surface area contributed by atoms with Crippen LogP contribution in [0.2, 0.25) is 0 Å². The molecule has 1 saturated carbocycles. The summed E-state index contributed by atoms with van der Waals surface area (Å²) in [4.78, 5) is 30.2. The summed E-state index contributed by atoms with van der Waals surface area (Å²) in [6.07, 6.45) is 6.76. The number of rotatable bonds is 1. The largest absolute Gasteiger partial charge is 0.274 e. The molecule has 90 valence electrons. The van der Waals surface area contributed by atoms with Gasteiger partial charge in [-0.25, -0.2) is 9.88 Å². The molecule has 4 heteroatoms. The molecule has 0 spiro atoms. The van der Waals surface area contributed by atoms with Crippen LogP contribution in [0.3, 0.4) is 0 Å².